The van der Waals surface area contributed by atoms with Gasteiger partial charge in [0.05, 0.1) is 10.2 Å². The molecule has 1 fully saturated rings. The number of nitrogens with zero attached hydrogens (tertiary/aromatic N) is 5. The minimum absolute atomic E-state index is 0.0131. The number of carbonyl (C=O) groups is 1. The van der Waals surface area contributed by atoms with Crippen LogP contribution in [0.25, 0.3) is 10.2 Å². The van der Waals surface area contributed by atoms with Gasteiger partial charge in [0.1, 0.15) is 12.0 Å². The molecular formula is C20H23N5OS. The van der Waals surface area contributed by atoms with Crippen molar-refractivity contribution in [2.24, 2.45) is 5.92 Å². The Morgan fingerprint density at radius 3 is 2.74 bits per heavy atom. The molecule has 0 saturated carbocycles. The Hall–Kier alpha value is -2.54. The molecule has 1 saturated heterocycles. The Bertz CT molecular complexity index is 934. The zero-order chi connectivity index (χ0) is 18.8. The molecule has 0 aromatic carbocycles. The molecule has 1 amide bonds. The predicted octanol–water partition coefficient (Wildman–Crippen LogP) is 3.38. The van der Waals surface area contributed by atoms with E-state index in [2.05, 4.69) is 32.0 Å². The van der Waals surface area contributed by atoms with Gasteiger partial charge < -0.3 is 9.80 Å². The first-order chi connectivity index (χ1) is 13.1. The van der Waals surface area contributed by atoms with Crippen LogP contribution < -0.4 is 4.90 Å². The van der Waals surface area contributed by atoms with Gasteiger partial charge >= 0.3 is 0 Å². The monoisotopic (exact) mass is 381 g/mol. The number of piperidine rings is 1. The summed E-state index contributed by atoms with van der Waals surface area (Å²) in [5, 5.41) is 2.03. The molecule has 0 aliphatic carbocycles. The molecule has 3 aromatic heterocycles. The topological polar surface area (TPSA) is 62.2 Å². The summed E-state index contributed by atoms with van der Waals surface area (Å²) in [5.74, 6) is 0.500. The van der Waals surface area contributed by atoms with Crippen LogP contribution in [-0.2, 0) is 0 Å². The summed E-state index contributed by atoms with van der Waals surface area (Å²) in [5.41, 5.74) is 3.73. The van der Waals surface area contributed by atoms with Gasteiger partial charge in [-0.25, -0.2) is 9.97 Å². The Morgan fingerprint density at radius 1 is 1.26 bits per heavy atom. The first-order valence-electron chi connectivity index (χ1n) is 9.22. The minimum Gasteiger partial charge on any atom is -0.371 e. The number of fused-ring (bicyclic) bond motifs is 1. The SMILES string of the molecule is Cc1csc2c(C(=O)N(C)CC3CCN(c4ccncc4)CC3)ncnc12. The summed E-state index contributed by atoms with van der Waals surface area (Å²) in [4.78, 5) is 29.8. The lowest BCUT2D eigenvalue weighted by molar-refractivity contribution is 0.0761. The maximum Gasteiger partial charge on any atom is 0.273 e. The maximum atomic E-state index is 13.0. The average Bonchev–Trinajstić information content (AvgIpc) is 3.10. The Labute approximate surface area is 162 Å². The molecule has 0 unspecified atom stereocenters. The lowest BCUT2D eigenvalue weighted by Gasteiger charge is -2.35. The lowest BCUT2D eigenvalue weighted by Crippen LogP contribution is -2.39. The smallest absolute Gasteiger partial charge is 0.273 e. The van der Waals surface area contributed by atoms with E-state index < -0.39 is 0 Å². The lowest BCUT2D eigenvalue weighted by atomic mass is 9.96. The quantitative estimate of drug-likeness (QED) is 0.693. The van der Waals surface area contributed by atoms with E-state index in [-0.39, 0.29) is 5.91 Å². The number of rotatable bonds is 4. The van der Waals surface area contributed by atoms with E-state index in [1.807, 2.05) is 36.6 Å². The summed E-state index contributed by atoms with van der Waals surface area (Å²) in [6, 6.07) is 4.11. The summed E-state index contributed by atoms with van der Waals surface area (Å²) in [7, 11) is 1.88. The average molecular weight is 382 g/mol. The van der Waals surface area contributed by atoms with Crippen molar-refractivity contribution in [2.45, 2.75) is 19.8 Å². The molecule has 7 heteroatoms. The molecule has 27 heavy (non-hydrogen) atoms. The highest BCUT2D eigenvalue weighted by Gasteiger charge is 2.24. The van der Waals surface area contributed by atoms with Gasteiger partial charge in [-0.2, -0.15) is 0 Å². The Kier molecular flexibility index (Phi) is 5.03. The Morgan fingerprint density at radius 2 is 2.00 bits per heavy atom. The largest absolute Gasteiger partial charge is 0.371 e. The predicted molar refractivity (Wildman–Crippen MR) is 108 cm³/mol. The zero-order valence-electron chi connectivity index (χ0n) is 15.6. The first-order valence-corrected chi connectivity index (χ1v) is 10.1. The summed E-state index contributed by atoms with van der Waals surface area (Å²) >= 11 is 1.55. The third-order valence-electron chi connectivity index (χ3n) is 5.25. The van der Waals surface area contributed by atoms with Crippen LogP contribution in [0.2, 0.25) is 0 Å². The van der Waals surface area contributed by atoms with E-state index in [1.54, 1.807) is 11.3 Å². The summed E-state index contributed by atoms with van der Waals surface area (Å²) in [6.07, 6.45) is 7.33. The van der Waals surface area contributed by atoms with E-state index in [9.17, 15) is 4.79 Å². The van der Waals surface area contributed by atoms with Crippen LogP contribution in [0.1, 0.15) is 28.9 Å². The second-order valence-electron chi connectivity index (χ2n) is 7.14. The van der Waals surface area contributed by atoms with Crippen molar-refractivity contribution in [2.75, 3.05) is 31.6 Å². The van der Waals surface area contributed by atoms with Gasteiger partial charge in [-0.3, -0.25) is 9.78 Å². The van der Waals surface area contributed by atoms with E-state index in [0.717, 1.165) is 48.3 Å². The van der Waals surface area contributed by atoms with E-state index >= 15 is 0 Å². The van der Waals surface area contributed by atoms with Gasteiger partial charge in [-0.15, -0.1) is 11.3 Å². The van der Waals surface area contributed by atoms with Crippen molar-refractivity contribution in [3.63, 3.8) is 0 Å². The van der Waals surface area contributed by atoms with Gasteiger partial charge in [0.25, 0.3) is 5.91 Å². The van der Waals surface area contributed by atoms with Gasteiger partial charge in [0, 0.05) is 44.8 Å². The number of aromatic nitrogens is 3. The highest BCUT2D eigenvalue weighted by atomic mass is 32.1. The van der Waals surface area contributed by atoms with Crippen LogP contribution >= 0.6 is 11.3 Å². The fraction of sp³-hybridized carbons (Fsp3) is 0.400. The minimum atomic E-state index is -0.0131. The summed E-state index contributed by atoms with van der Waals surface area (Å²) in [6.45, 7) is 4.80. The second-order valence-corrected chi connectivity index (χ2v) is 8.02. The Balaban J connectivity index is 1.39. The molecule has 4 heterocycles. The molecule has 0 N–H and O–H groups in total. The number of thiophene rings is 1. The maximum absolute atomic E-state index is 13.0. The zero-order valence-corrected chi connectivity index (χ0v) is 16.4. The van der Waals surface area contributed by atoms with Crippen molar-refractivity contribution in [1.82, 2.24) is 19.9 Å². The molecule has 0 spiro atoms. The second kappa shape index (κ2) is 7.60. The van der Waals surface area contributed by atoms with Crippen molar-refractivity contribution >= 4 is 33.1 Å². The van der Waals surface area contributed by atoms with Crippen LogP contribution in [0.5, 0.6) is 0 Å². The number of hydrogen-bond donors (Lipinski definition) is 0. The van der Waals surface area contributed by atoms with E-state index in [4.69, 9.17) is 0 Å². The molecule has 6 nitrogen and oxygen atoms in total. The third-order valence-corrected chi connectivity index (χ3v) is 6.35. The van der Waals surface area contributed by atoms with Crippen molar-refractivity contribution in [1.29, 1.82) is 0 Å². The fourth-order valence-corrected chi connectivity index (χ4v) is 4.68. The van der Waals surface area contributed by atoms with E-state index in [0.29, 0.717) is 11.6 Å². The van der Waals surface area contributed by atoms with Gasteiger partial charge in [0.2, 0.25) is 0 Å². The molecule has 0 bridgehead atoms. The van der Waals surface area contributed by atoms with Crippen LogP contribution in [0.15, 0.2) is 36.2 Å². The number of hydrogen-bond acceptors (Lipinski definition) is 6. The van der Waals surface area contributed by atoms with Crippen LogP contribution in [-0.4, -0.2) is 52.4 Å². The van der Waals surface area contributed by atoms with Crippen LogP contribution in [0.3, 0.4) is 0 Å². The van der Waals surface area contributed by atoms with Gasteiger partial charge in [-0.1, -0.05) is 0 Å². The number of amides is 1. The molecule has 0 radical (unpaired) electrons. The normalized spacial score (nSPS) is 15.3. The van der Waals surface area contributed by atoms with Gasteiger partial charge in [-0.05, 0) is 48.8 Å². The molecule has 1 aliphatic rings. The molecule has 1 aliphatic heterocycles. The molecule has 3 aromatic rings. The third kappa shape index (κ3) is 3.64. The van der Waals surface area contributed by atoms with Gasteiger partial charge in [0.15, 0.2) is 0 Å². The number of anilines is 1. The van der Waals surface area contributed by atoms with Crippen LogP contribution in [0, 0.1) is 12.8 Å². The molecule has 4 rings (SSSR count). The van der Waals surface area contributed by atoms with E-state index in [1.165, 1.54) is 12.0 Å². The first kappa shape index (κ1) is 17.9. The molecular weight excluding hydrogens is 358 g/mol. The fourth-order valence-electron chi connectivity index (χ4n) is 3.70. The molecule has 0 atom stereocenters. The van der Waals surface area contributed by atoms with Crippen molar-refractivity contribution < 1.29 is 4.79 Å². The number of carbonyl (C=O) groups excluding carboxylic acids is 1. The molecule has 140 valence electrons. The summed E-state index contributed by atoms with van der Waals surface area (Å²) < 4.78 is 0.888. The standard InChI is InChI=1S/C20H23N5OS/c1-14-12-27-19-17(14)22-13-23-18(19)20(26)24(2)11-15-5-9-25(10-6-15)16-3-7-21-8-4-16/h3-4,7-8,12-13,15H,5-6,9-11H2,1-2H3. The highest BCUT2D eigenvalue weighted by Crippen LogP contribution is 2.27. The highest BCUT2D eigenvalue weighted by molar-refractivity contribution is 7.17. The number of aryl methyl sites for hydroxylation is 1. The number of pyridine rings is 1. The van der Waals surface area contributed by atoms with Crippen molar-refractivity contribution in [3.05, 3.63) is 47.5 Å². The van der Waals surface area contributed by atoms with Crippen LogP contribution in [0.4, 0.5) is 5.69 Å². The van der Waals surface area contributed by atoms with Crippen molar-refractivity contribution in [3.8, 4) is 0 Å².